The first-order valence-electron chi connectivity index (χ1n) is 11.6. The largest absolute Gasteiger partial charge is 0.354 e. The molecule has 0 heterocycles. The molecule has 0 spiro atoms. The third kappa shape index (κ3) is 8.21. The molecule has 3 aromatic rings. The first-order valence-corrected chi connectivity index (χ1v) is 12.8. The lowest BCUT2D eigenvalue weighted by Gasteiger charge is -2.31. The second-order valence-corrected chi connectivity index (χ2v) is 9.21. The lowest BCUT2D eigenvalue weighted by molar-refractivity contribution is -0.139. The maximum absolute atomic E-state index is 14.0. The minimum Gasteiger partial charge on any atom is -0.354 e. The van der Waals surface area contributed by atoms with Crippen LogP contribution < -0.4 is 5.32 Å². The summed E-state index contributed by atoms with van der Waals surface area (Å²) in [6.07, 6.45) is 1.12. The number of nitrogens with zero attached hydrogens (tertiary/aromatic N) is 1. The highest BCUT2D eigenvalue weighted by molar-refractivity contribution is 7.99. The molecule has 1 unspecified atom stereocenters. The van der Waals surface area contributed by atoms with Crippen molar-refractivity contribution in [2.45, 2.75) is 38.1 Å². The molecule has 0 saturated heterocycles. The molecule has 0 aliphatic heterocycles. The van der Waals surface area contributed by atoms with Crippen molar-refractivity contribution >= 4 is 23.6 Å². The van der Waals surface area contributed by atoms with Crippen LogP contribution in [0.4, 0.5) is 8.78 Å². The molecule has 0 radical (unpaired) electrons. The highest BCUT2D eigenvalue weighted by Crippen LogP contribution is 2.20. The van der Waals surface area contributed by atoms with Crippen LogP contribution in [0.3, 0.4) is 0 Å². The summed E-state index contributed by atoms with van der Waals surface area (Å²) >= 11 is 1.30. The normalized spacial score (nSPS) is 11.6. The molecule has 7 heteroatoms. The predicted molar refractivity (Wildman–Crippen MR) is 137 cm³/mol. The van der Waals surface area contributed by atoms with Crippen LogP contribution in [0.25, 0.3) is 0 Å². The van der Waals surface area contributed by atoms with Crippen LogP contribution in [0.2, 0.25) is 0 Å². The Morgan fingerprint density at radius 3 is 2.29 bits per heavy atom. The summed E-state index contributed by atoms with van der Waals surface area (Å²) in [5.41, 5.74) is 2.18. The van der Waals surface area contributed by atoms with Crippen molar-refractivity contribution in [2.75, 3.05) is 12.3 Å². The Labute approximate surface area is 209 Å². The predicted octanol–water partition coefficient (Wildman–Crippen LogP) is 5.36. The fourth-order valence-corrected chi connectivity index (χ4v) is 4.55. The quantitative estimate of drug-likeness (QED) is 0.367. The van der Waals surface area contributed by atoms with Crippen LogP contribution in [0.5, 0.6) is 0 Å². The van der Waals surface area contributed by atoms with Gasteiger partial charge in [-0.3, -0.25) is 9.59 Å². The Hall–Kier alpha value is -3.19. The maximum atomic E-state index is 14.0. The SMILES string of the molecule is CCCNC(=O)C(Cc1ccccc1)N(Cc1ccc(F)cc1)C(=O)CSCc1ccccc1F. The number of nitrogens with one attached hydrogen (secondary N) is 1. The lowest BCUT2D eigenvalue weighted by Crippen LogP contribution is -2.51. The summed E-state index contributed by atoms with van der Waals surface area (Å²) in [7, 11) is 0. The molecule has 4 nitrogen and oxygen atoms in total. The van der Waals surface area contributed by atoms with Crippen LogP contribution in [0.15, 0.2) is 78.9 Å². The summed E-state index contributed by atoms with van der Waals surface area (Å²) in [6.45, 7) is 2.63. The zero-order valence-corrected chi connectivity index (χ0v) is 20.6. The van der Waals surface area contributed by atoms with Crippen LogP contribution >= 0.6 is 11.8 Å². The van der Waals surface area contributed by atoms with E-state index in [0.29, 0.717) is 24.3 Å². The summed E-state index contributed by atoms with van der Waals surface area (Å²) in [5.74, 6) is -0.714. The smallest absolute Gasteiger partial charge is 0.243 e. The van der Waals surface area contributed by atoms with Crippen molar-refractivity contribution in [1.29, 1.82) is 0 Å². The van der Waals surface area contributed by atoms with E-state index >= 15 is 0 Å². The Morgan fingerprint density at radius 2 is 1.60 bits per heavy atom. The van der Waals surface area contributed by atoms with Gasteiger partial charge in [0.2, 0.25) is 11.8 Å². The Bertz CT molecular complexity index is 1090. The monoisotopic (exact) mass is 496 g/mol. The topological polar surface area (TPSA) is 49.4 Å². The van der Waals surface area contributed by atoms with E-state index in [1.54, 1.807) is 35.2 Å². The van der Waals surface area contributed by atoms with Gasteiger partial charge in [-0.05, 0) is 41.3 Å². The van der Waals surface area contributed by atoms with Crippen molar-refractivity contribution in [3.8, 4) is 0 Å². The molecule has 2 amide bonds. The number of carbonyl (C=O) groups is 2. The molecule has 0 fully saturated rings. The first kappa shape index (κ1) is 26.4. The van der Waals surface area contributed by atoms with Crippen molar-refractivity contribution < 1.29 is 18.4 Å². The molecule has 35 heavy (non-hydrogen) atoms. The highest BCUT2D eigenvalue weighted by atomic mass is 32.2. The highest BCUT2D eigenvalue weighted by Gasteiger charge is 2.30. The second-order valence-electron chi connectivity index (χ2n) is 8.23. The van der Waals surface area contributed by atoms with E-state index in [4.69, 9.17) is 0 Å². The Kier molecular flexibility index (Phi) is 10.3. The summed E-state index contributed by atoms with van der Waals surface area (Å²) in [6, 6.07) is 21.2. The van der Waals surface area contributed by atoms with Gasteiger partial charge in [-0.25, -0.2) is 8.78 Å². The van der Waals surface area contributed by atoms with E-state index < -0.39 is 6.04 Å². The van der Waals surface area contributed by atoms with Crippen LogP contribution in [0, 0.1) is 11.6 Å². The van der Waals surface area contributed by atoms with E-state index in [1.165, 1.54) is 30.0 Å². The number of amides is 2. The van der Waals surface area contributed by atoms with E-state index in [1.807, 2.05) is 37.3 Å². The molecular formula is C28H30F2N2O2S. The Balaban J connectivity index is 1.83. The van der Waals surface area contributed by atoms with Crippen LogP contribution in [-0.2, 0) is 28.3 Å². The number of carbonyl (C=O) groups excluding carboxylic acids is 2. The van der Waals surface area contributed by atoms with Crippen molar-refractivity contribution in [3.05, 3.63) is 107 Å². The molecular weight excluding hydrogens is 466 g/mol. The standard InChI is InChI=1S/C28H30F2N2O2S/c1-2-16-31-28(34)26(17-21-8-4-3-5-9-21)32(18-22-12-14-24(29)15-13-22)27(33)20-35-19-23-10-6-7-11-25(23)30/h3-15,26H,2,16-20H2,1H3,(H,31,34). The van der Waals surface area contributed by atoms with Gasteiger partial charge in [0.15, 0.2) is 0 Å². The molecule has 0 bridgehead atoms. The third-order valence-corrected chi connectivity index (χ3v) is 6.49. The van der Waals surface area contributed by atoms with E-state index in [0.717, 1.165) is 17.5 Å². The number of rotatable bonds is 12. The average Bonchev–Trinajstić information content (AvgIpc) is 2.87. The van der Waals surface area contributed by atoms with Gasteiger partial charge >= 0.3 is 0 Å². The van der Waals surface area contributed by atoms with Crippen molar-refractivity contribution in [2.24, 2.45) is 0 Å². The average molecular weight is 497 g/mol. The molecule has 1 atom stereocenters. The van der Waals surface area contributed by atoms with Crippen molar-refractivity contribution in [3.63, 3.8) is 0 Å². The molecule has 3 rings (SSSR count). The zero-order chi connectivity index (χ0) is 25.0. The first-order chi connectivity index (χ1) is 17.0. The molecule has 3 aromatic carbocycles. The van der Waals surface area contributed by atoms with Crippen molar-refractivity contribution in [1.82, 2.24) is 10.2 Å². The van der Waals surface area contributed by atoms with E-state index in [9.17, 15) is 18.4 Å². The van der Waals surface area contributed by atoms with E-state index in [2.05, 4.69) is 5.32 Å². The third-order valence-electron chi connectivity index (χ3n) is 5.53. The van der Waals surface area contributed by atoms with Gasteiger partial charge in [-0.2, -0.15) is 0 Å². The second kappa shape index (κ2) is 13.6. The van der Waals surface area contributed by atoms with Gasteiger partial charge in [-0.1, -0.05) is 67.6 Å². The number of hydrogen-bond donors (Lipinski definition) is 1. The van der Waals surface area contributed by atoms with Gasteiger partial charge < -0.3 is 10.2 Å². The lowest BCUT2D eigenvalue weighted by atomic mass is 10.0. The fraction of sp³-hybridized carbons (Fsp3) is 0.286. The zero-order valence-electron chi connectivity index (χ0n) is 19.8. The van der Waals surface area contributed by atoms with Crippen LogP contribution in [-0.4, -0.2) is 35.1 Å². The van der Waals surface area contributed by atoms with Gasteiger partial charge in [0, 0.05) is 25.3 Å². The minimum absolute atomic E-state index is 0.0852. The molecule has 184 valence electrons. The van der Waals surface area contributed by atoms with Gasteiger partial charge in [0.05, 0.1) is 5.75 Å². The molecule has 0 aromatic heterocycles. The summed E-state index contributed by atoms with van der Waals surface area (Å²) < 4.78 is 27.5. The summed E-state index contributed by atoms with van der Waals surface area (Å²) in [5, 5.41) is 2.92. The number of halogens is 2. The van der Waals surface area contributed by atoms with Gasteiger partial charge in [0.1, 0.15) is 17.7 Å². The Morgan fingerprint density at radius 1 is 0.914 bits per heavy atom. The number of thioether (sulfide) groups is 1. The molecule has 0 saturated carbocycles. The van der Waals surface area contributed by atoms with Crippen LogP contribution in [0.1, 0.15) is 30.0 Å². The molecule has 0 aliphatic rings. The van der Waals surface area contributed by atoms with Gasteiger partial charge in [-0.15, -0.1) is 11.8 Å². The number of hydrogen-bond acceptors (Lipinski definition) is 3. The molecule has 1 N–H and O–H groups in total. The summed E-state index contributed by atoms with van der Waals surface area (Å²) in [4.78, 5) is 28.2. The molecule has 0 aliphatic carbocycles. The van der Waals surface area contributed by atoms with E-state index in [-0.39, 0.29) is 35.7 Å². The van der Waals surface area contributed by atoms with Gasteiger partial charge in [0.25, 0.3) is 0 Å². The maximum Gasteiger partial charge on any atom is 0.243 e. The number of benzene rings is 3. The minimum atomic E-state index is -0.740. The fourth-order valence-electron chi connectivity index (χ4n) is 3.65.